The number of aromatic nitrogens is 3. The highest BCUT2D eigenvalue weighted by Crippen LogP contribution is 2.27. The van der Waals surface area contributed by atoms with Gasteiger partial charge in [0.2, 0.25) is 0 Å². The zero-order chi connectivity index (χ0) is 21.1. The van der Waals surface area contributed by atoms with Crippen molar-refractivity contribution in [3.63, 3.8) is 0 Å². The Kier molecular flexibility index (Phi) is 9.31. The van der Waals surface area contributed by atoms with Crippen LogP contribution in [0.5, 0.6) is 5.75 Å². The summed E-state index contributed by atoms with van der Waals surface area (Å²) in [5.74, 6) is 2.23. The Morgan fingerprint density at radius 2 is 1.72 bits per heavy atom. The van der Waals surface area contributed by atoms with Crippen LogP contribution in [0.2, 0.25) is 0 Å². The summed E-state index contributed by atoms with van der Waals surface area (Å²) >= 11 is 0. The number of fused-ring (bicyclic) bond motifs is 1. The van der Waals surface area contributed by atoms with Crippen LogP contribution in [0.25, 0.3) is 22.0 Å². The first kappa shape index (κ1) is 22.6. The number of nitrogens with zero attached hydrogens (tertiary/aromatic N) is 3. The molecule has 6 nitrogen and oxygen atoms in total. The predicted octanol–water partition coefficient (Wildman–Crippen LogP) is 4.70. The Balaban J connectivity index is 0.000000250. The van der Waals surface area contributed by atoms with Crippen LogP contribution in [-0.4, -0.2) is 36.2 Å². The van der Waals surface area contributed by atoms with Crippen molar-refractivity contribution >= 4 is 16.7 Å². The van der Waals surface area contributed by atoms with E-state index in [2.05, 4.69) is 27.2 Å². The van der Waals surface area contributed by atoms with Crippen LogP contribution < -0.4 is 15.8 Å². The van der Waals surface area contributed by atoms with Gasteiger partial charge in [0.15, 0.2) is 0 Å². The molecule has 0 aliphatic heterocycles. The normalized spacial score (nSPS) is 13.7. The van der Waals surface area contributed by atoms with Crippen molar-refractivity contribution in [3.05, 3.63) is 43.0 Å². The highest BCUT2D eigenvalue weighted by Gasteiger charge is 2.06. The molecule has 4 rings (SSSR count). The van der Waals surface area contributed by atoms with Crippen molar-refractivity contribution in [2.75, 3.05) is 26.9 Å². The van der Waals surface area contributed by atoms with Gasteiger partial charge in [-0.25, -0.2) is 9.97 Å². The lowest BCUT2D eigenvalue weighted by molar-refractivity contribution is 0.385. The average molecular weight is 396 g/mol. The van der Waals surface area contributed by atoms with Crippen molar-refractivity contribution in [3.8, 4) is 16.9 Å². The minimum Gasteiger partial charge on any atom is -0.495 e. The molecule has 0 radical (unpaired) electrons. The second-order valence-corrected chi connectivity index (χ2v) is 7.35. The fraction of sp³-hybridized carbons (Fsp3) is 0.435. The molecular weight excluding hydrogens is 362 g/mol. The summed E-state index contributed by atoms with van der Waals surface area (Å²) in [7, 11) is 5.37. The van der Waals surface area contributed by atoms with E-state index in [-0.39, 0.29) is 0 Å². The van der Waals surface area contributed by atoms with Crippen LogP contribution in [0.4, 0.5) is 5.82 Å². The lowest BCUT2D eigenvalue weighted by atomic mass is 9.91. The van der Waals surface area contributed by atoms with E-state index >= 15 is 0 Å². The average Bonchev–Trinajstić information content (AvgIpc) is 2.75. The lowest BCUT2D eigenvalue weighted by Crippen LogP contribution is -1.99. The Morgan fingerprint density at radius 3 is 2.34 bits per heavy atom. The Hall–Kier alpha value is -2.73. The van der Waals surface area contributed by atoms with Crippen LogP contribution in [0.1, 0.15) is 39.0 Å². The van der Waals surface area contributed by atoms with Crippen LogP contribution in [0.3, 0.4) is 0 Å². The van der Waals surface area contributed by atoms with Crippen molar-refractivity contribution in [2.45, 2.75) is 39.0 Å². The van der Waals surface area contributed by atoms with Crippen molar-refractivity contribution < 1.29 is 4.74 Å². The second-order valence-electron chi connectivity index (χ2n) is 7.35. The molecule has 0 amide bonds. The van der Waals surface area contributed by atoms with E-state index in [4.69, 9.17) is 10.5 Å². The van der Waals surface area contributed by atoms with E-state index in [0.29, 0.717) is 5.82 Å². The fourth-order valence-electron chi connectivity index (χ4n) is 3.25. The highest BCUT2D eigenvalue weighted by atomic mass is 16.5. The van der Waals surface area contributed by atoms with Crippen molar-refractivity contribution in [2.24, 2.45) is 5.92 Å². The maximum absolute atomic E-state index is 5.87. The van der Waals surface area contributed by atoms with Crippen LogP contribution in [0, 0.1) is 5.92 Å². The molecular formula is C23H33N5O. The van der Waals surface area contributed by atoms with E-state index in [9.17, 15) is 0 Å². The molecule has 2 aromatic heterocycles. The first-order valence-corrected chi connectivity index (χ1v) is 10.2. The maximum atomic E-state index is 5.87. The van der Waals surface area contributed by atoms with Crippen molar-refractivity contribution in [1.82, 2.24) is 20.3 Å². The lowest BCUT2D eigenvalue weighted by Gasteiger charge is -2.15. The second kappa shape index (κ2) is 12.0. The largest absolute Gasteiger partial charge is 0.495 e. The Bertz CT molecular complexity index is 878. The molecule has 3 aromatic rings. The number of rotatable bonds is 2. The van der Waals surface area contributed by atoms with Crippen LogP contribution >= 0.6 is 0 Å². The molecule has 1 saturated carbocycles. The Morgan fingerprint density at radius 1 is 1.00 bits per heavy atom. The summed E-state index contributed by atoms with van der Waals surface area (Å²) in [6.45, 7) is 2.36. The maximum Gasteiger partial charge on any atom is 0.137 e. The molecule has 3 N–H and O–H groups in total. The number of anilines is 1. The smallest absolute Gasteiger partial charge is 0.137 e. The van der Waals surface area contributed by atoms with Crippen LogP contribution in [-0.2, 0) is 0 Å². The molecule has 156 valence electrons. The number of nitrogens with two attached hydrogens (primary N) is 1. The SMILES string of the molecule is CC1CCCCC1.CNC.COc1cncc(-c2ccc3ncnc(N)c3c2)c1. The molecule has 0 saturated heterocycles. The summed E-state index contributed by atoms with van der Waals surface area (Å²) in [6, 6.07) is 7.78. The van der Waals surface area contributed by atoms with Gasteiger partial charge in [0.05, 0.1) is 18.8 Å². The summed E-state index contributed by atoms with van der Waals surface area (Å²) in [5.41, 5.74) is 8.66. The molecule has 0 bridgehead atoms. The van der Waals surface area contributed by atoms with E-state index in [1.54, 1.807) is 19.5 Å². The molecule has 1 aliphatic rings. The number of nitrogen functional groups attached to an aromatic ring is 1. The molecule has 1 aliphatic carbocycles. The number of hydrogen-bond donors (Lipinski definition) is 2. The molecule has 0 unspecified atom stereocenters. The van der Waals surface area contributed by atoms with E-state index < -0.39 is 0 Å². The zero-order valence-corrected chi connectivity index (χ0v) is 18.0. The van der Waals surface area contributed by atoms with Gasteiger partial charge in [-0.15, -0.1) is 0 Å². The van der Waals surface area contributed by atoms with E-state index in [1.807, 2.05) is 38.4 Å². The van der Waals surface area contributed by atoms with Gasteiger partial charge >= 0.3 is 0 Å². The van der Waals surface area contributed by atoms with Gasteiger partial charge in [0.25, 0.3) is 0 Å². The molecule has 6 heteroatoms. The summed E-state index contributed by atoms with van der Waals surface area (Å²) in [5, 5.41) is 3.59. The standard InChI is InChI=1S/C14H12N4O.C7H14.C2H7N/c1-19-11-4-10(6-16-7-11)9-2-3-13-12(5-9)14(15)18-8-17-13;1-7-5-3-2-4-6-7;1-3-2/h2-8H,1H3,(H2,15,17,18);7H,2-6H2,1H3;3H,1-2H3. The summed E-state index contributed by atoms with van der Waals surface area (Å²) in [4.78, 5) is 12.3. The summed E-state index contributed by atoms with van der Waals surface area (Å²) < 4.78 is 5.18. The van der Waals surface area contributed by atoms with Gasteiger partial charge in [0, 0.05) is 17.1 Å². The van der Waals surface area contributed by atoms with Crippen LogP contribution in [0.15, 0.2) is 43.0 Å². The quantitative estimate of drug-likeness (QED) is 0.654. The van der Waals surface area contributed by atoms with Gasteiger partial charge in [-0.05, 0) is 43.8 Å². The van der Waals surface area contributed by atoms with E-state index in [0.717, 1.165) is 33.7 Å². The minimum absolute atomic E-state index is 0.475. The van der Waals surface area contributed by atoms with E-state index in [1.165, 1.54) is 38.4 Å². The number of nitrogens with one attached hydrogen (secondary N) is 1. The summed E-state index contributed by atoms with van der Waals surface area (Å²) in [6.07, 6.45) is 12.4. The fourth-order valence-corrected chi connectivity index (χ4v) is 3.25. The first-order valence-electron chi connectivity index (χ1n) is 10.2. The monoisotopic (exact) mass is 395 g/mol. The third-order valence-corrected chi connectivity index (χ3v) is 4.84. The zero-order valence-electron chi connectivity index (χ0n) is 18.0. The van der Waals surface area contributed by atoms with Gasteiger partial charge in [-0.3, -0.25) is 4.98 Å². The highest BCUT2D eigenvalue weighted by molar-refractivity contribution is 5.91. The molecule has 0 spiro atoms. The van der Waals surface area contributed by atoms with Gasteiger partial charge < -0.3 is 15.8 Å². The third-order valence-electron chi connectivity index (χ3n) is 4.84. The number of pyridine rings is 1. The third kappa shape index (κ3) is 6.98. The first-order chi connectivity index (χ1) is 14.1. The predicted molar refractivity (Wildman–Crippen MR) is 121 cm³/mol. The van der Waals surface area contributed by atoms with Gasteiger partial charge in [-0.1, -0.05) is 45.1 Å². The van der Waals surface area contributed by atoms with Crippen molar-refractivity contribution in [1.29, 1.82) is 0 Å². The molecule has 0 atom stereocenters. The topological polar surface area (TPSA) is 86.0 Å². The molecule has 1 aromatic carbocycles. The Labute approximate surface area is 173 Å². The number of hydrogen-bond acceptors (Lipinski definition) is 6. The molecule has 2 heterocycles. The van der Waals surface area contributed by atoms with Gasteiger partial charge in [-0.2, -0.15) is 0 Å². The minimum atomic E-state index is 0.475. The van der Waals surface area contributed by atoms with Gasteiger partial charge in [0.1, 0.15) is 17.9 Å². The number of ether oxygens (including phenoxy) is 1. The number of methoxy groups -OCH3 is 1. The molecule has 1 fully saturated rings. The molecule has 29 heavy (non-hydrogen) atoms. The number of benzene rings is 1.